The predicted molar refractivity (Wildman–Crippen MR) is 69.6 cm³/mol. The van der Waals surface area contributed by atoms with Crippen LogP contribution in [0.5, 0.6) is 0 Å². The predicted octanol–water partition coefficient (Wildman–Crippen LogP) is -0.0611. The van der Waals surface area contributed by atoms with Crippen LogP contribution in [0.1, 0.15) is 5.56 Å². The number of ether oxygens (including phenoxy) is 1. The topological polar surface area (TPSA) is 67.7 Å². The lowest BCUT2D eigenvalue weighted by atomic mass is 10.2. The van der Waals surface area contributed by atoms with Gasteiger partial charge in [0.2, 0.25) is 0 Å². The average Bonchev–Trinajstić information content (AvgIpc) is 2.93. The van der Waals surface area contributed by atoms with Crippen molar-refractivity contribution in [1.29, 1.82) is 0 Å². The van der Waals surface area contributed by atoms with E-state index in [0.29, 0.717) is 19.7 Å². The van der Waals surface area contributed by atoms with Gasteiger partial charge < -0.3 is 19.8 Å². The molecule has 6 heteroatoms. The van der Waals surface area contributed by atoms with E-state index in [9.17, 15) is 4.79 Å². The zero-order chi connectivity index (χ0) is 13.1. The molecule has 100 valence electrons. The van der Waals surface area contributed by atoms with Crippen molar-refractivity contribution in [2.75, 3.05) is 19.7 Å². The summed E-state index contributed by atoms with van der Waals surface area (Å²) in [4.78, 5) is 16.1. The molecule has 3 rings (SSSR count). The number of hydrogen-bond donors (Lipinski definition) is 2. The van der Waals surface area contributed by atoms with Crippen molar-refractivity contribution in [2.24, 2.45) is 0 Å². The zero-order valence-electron chi connectivity index (χ0n) is 10.5. The first-order valence-corrected chi connectivity index (χ1v) is 6.34. The largest absolute Gasteiger partial charge is 0.366 e. The number of nitrogens with one attached hydrogen (secondary N) is 2. The fourth-order valence-electron chi connectivity index (χ4n) is 2.10. The van der Waals surface area contributed by atoms with E-state index in [4.69, 9.17) is 4.74 Å². The highest BCUT2D eigenvalue weighted by molar-refractivity contribution is 5.81. The highest BCUT2D eigenvalue weighted by Gasteiger charge is 2.21. The number of amides is 1. The minimum Gasteiger partial charge on any atom is -0.366 e. The van der Waals surface area contributed by atoms with Crippen LogP contribution in [0.4, 0.5) is 0 Å². The van der Waals surface area contributed by atoms with Crippen molar-refractivity contribution < 1.29 is 9.53 Å². The van der Waals surface area contributed by atoms with Gasteiger partial charge in [0.25, 0.3) is 5.91 Å². The van der Waals surface area contributed by atoms with Crippen molar-refractivity contribution in [3.8, 4) is 0 Å². The van der Waals surface area contributed by atoms with Crippen molar-refractivity contribution in [3.05, 3.63) is 36.3 Å². The molecule has 1 fully saturated rings. The van der Waals surface area contributed by atoms with Gasteiger partial charge in [-0.2, -0.15) is 0 Å². The summed E-state index contributed by atoms with van der Waals surface area (Å²) in [6.45, 7) is 2.45. The summed E-state index contributed by atoms with van der Waals surface area (Å²) in [6, 6.07) is 3.93. The molecular weight excluding hydrogens is 244 g/mol. The molecule has 1 atom stereocenters. The molecule has 2 aromatic heterocycles. The number of morpholine rings is 1. The van der Waals surface area contributed by atoms with Crippen molar-refractivity contribution in [2.45, 2.75) is 12.6 Å². The molecule has 0 radical (unpaired) electrons. The molecular formula is C13H16N4O2. The minimum absolute atomic E-state index is 0.0737. The van der Waals surface area contributed by atoms with Gasteiger partial charge in [-0.05, 0) is 17.7 Å². The number of carbonyl (C=O) groups excluding carboxylic acids is 1. The maximum absolute atomic E-state index is 11.9. The van der Waals surface area contributed by atoms with Gasteiger partial charge >= 0.3 is 0 Å². The summed E-state index contributed by atoms with van der Waals surface area (Å²) in [7, 11) is 0. The molecule has 0 saturated carbocycles. The van der Waals surface area contributed by atoms with Gasteiger partial charge in [-0.15, -0.1) is 0 Å². The fraction of sp³-hybridized carbons (Fsp3) is 0.385. The van der Waals surface area contributed by atoms with E-state index in [1.807, 2.05) is 28.9 Å². The van der Waals surface area contributed by atoms with Gasteiger partial charge in [-0.25, -0.2) is 4.98 Å². The van der Waals surface area contributed by atoms with Crippen LogP contribution >= 0.6 is 0 Å². The molecule has 2 aromatic rings. The van der Waals surface area contributed by atoms with E-state index in [1.54, 1.807) is 6.20 Å². The van der Waals surface area contributed by atoms with Gasteiger partial charge in [0.15, 0.2) is 0 Å². The van der Waals surface area contributed by atoms with Crippen LogP contribution < -0.4 is 10.6 Å². The van der Waals surface area contributed by atoms with E-state index < -0.39 is 0 Å². The van der Waals surface area contributed by atoms with Crippen molar-refractivity contribution >= 4 is 11.6 Å². The number of imidazole rings is 1. The molecule has 0 spiro atoms. The van der Waals surface area contributed by atoms with Crippen LogP contribution in [0.3, 0.4) is 0 Å². The van der Waals surface area contributed by atoms with E-state index in [-0.39, 0.29) is 12.0 Å². The lowest BCUT2D eigenvalue weighted by Gasteiger charge is -2.22. The first-order chi connectivity index (χ1) is 9.33. The number of fused-ring (bicyclic) bond motifs is 1. The first-order valence-electron chi connectivity index (χ1n) is 6.34. The van der Waals surface area contributed by atoms with Gasteiger partial charge in [-0.1, -0.05) is 0 Å². The zero-order valence-corrected chi connectivity index (χ0v) is 10.5. The fourth-order valence-corrected chi connectivity index (χ4v) is 2.10. The molecule has 2 N–H and O–H groups in total. The van der Waals surface area contributed by atoms with Crippen LogP contribution in [-0.4, -0.2) is 41.1 Å². The Bertz CT molecular complexity index is 575. The summed E-state index contributed by atoms with van der Waals surface area (Å²) in [5.74, 6) is -0.0737. The first kappa shape index (κ1) is 12.1. The second-order valence-electron chi connectivity index (χ2n) is 4.51. The molecule has 1 amide bonds. The van der Waals surface area contributed by atoms with Crippen LogP contribution in [0, 0.1) is 0 Å². The van der Waals surface area contributed by atoms with Gasteiger partial charge in [0.05, 0.1) is 6.61 Å². The maximum Gasteiger partial charge on any atom is 0.250 e. The third-order valence-corrected chi connectivity index (χ3v) is 3.15. The summed E-state index contributed by atoms with van der Waals surface area (Å²) in [5.41, 5.74) is 1.90. The Labute approximate surface area is 110 Å². The molecule has 19 heavy (non-hydrogen) atoms. The Kier molecular flexibility index (Phi) is 3.43. The Morgan fingerprint density at radius 1 is 1.58 bits per heavy atom. The van der Waals surface area contributed by atoms with Gasteiger partial charge in [-0.3, -0.25) is 4.79 Å². The Morgan fingerprint density at radius 2 is 2.53 bits per heavy atom. The van der Waals surface area contributed by atoms with E-state index in [0.717, 1.165) is 17.8 Å². The summed E-state index contributed by atoms with van der Waals surface area (Å²) in [5, 5.41) is 6.02. The summed E-state index contributed by atoms with van der Waals surface area (Å²) in [6.07, 6.45) is 5.19. The lowest BCUT2D eigenvalue weighted by Crippen LogP contribution is -2.47. The number of nitrogens with zero attached hydrogens (tertiary/aromatic N) is 2. The molecule has 0 bridgehead atoms. The third-order valence-electron chi connectivity index (χ3n) is 3.15. The van der Waals surface area contributed by atoms with E-state index in [2.05, 4.69) is 15.6 Å². The molecule has 3 heterocycles. The number of carbonyl (C=O) groups is 1. The lowest BCUT2D eigenvalue weighted by molar-refractivity contribution is -0.134. The Balaban J connectivity index is 1.60. The maximum atomic E-state index is 11.9. The van der Waals surface area contributed by atoms with Crippen molar-refractivity contribution in [3.63, 3.8) is 0 Å². The molecule has 1 saturated heterocycles. The molecule has 1 unspecified atom stereocenters. The summed E-state index contributed by atoms with van der Waals surface area (Å²) >= 11 is 0. The van der Waals surface area contributed by atoms with Crippen LogP contribution in [0.15, 0.2) is 30.7 Å². The Morgan fingerprint density at radius 3 is 3.37 bits per heavy atom. The van der Waals surface area contributed by atoms with Gasteiger partial charge in [0, 0.05) is 38.2 Å². The SMILES string of the molecule is O=C(NCc1ccn2ccnc2c1)C1CNCCO1. The average molecular weight is 260 g/mol. The molecule has 1 aliphatic rings. The molecule has 0 aliphatic carbocycles. The summed E-state index contributed by atoms with van der Waals surface area (Å²) < 4.78 is 7.33. The number of pyridine rings is 1. The van der Waals surface area contributed by atoms with Crippen molar-refractivity contribution in [1.82, 2.24) is 20.0 Å². The smallest absolute Gasteiger partial charge is 0.250 e. The highest BCUT2D eigenvalue weighted by Crippen LogP contribution is 2.05. The van der Waals surface area contributed by atoms with Gasteiger partial charge in [0.1, 0.15) is 11.8 Å². The monoisotopic (exact) mass is 260 g/mol. The van der Waals surface area contributed by atoms with Crippen LogP contribution in [0.2, 0.25) is 0 Å². The number of rotatable bonds is 3. The molecule has 6 nitrogen and oxygen atoms in total. The highest BCUT2D eigenvalue weighted by atomic mass is 16.5. The quantitative estimate of drug-likeness (QED) is 0.811. The van der Waals surface area contributed by atoms with E-state index >= 15 is 0 Å². The number of hydrogen-bond acceptors (Lipinski definition) is 4. The van der Waals surface area contributed by atoms with Crippen LogP contribution in [0.25, 0.3) is 5.65 Å². The van der Waals surface area contributed by atoms with E-state index in [1.165, 1.54) is 0 Å². The third kappa shape index (κ3) is 2.74. The second kappa shape index (κ2) is 5.38. The number of aromatic nitrogens is 2. The molecule has 1 aliphatic heterocycles. The standard InChI is InChI=1S/C13H16N4O2/c18-13(11-9-14-3-6-19-11)16-8-10-1-4-17-5-2-15-12(17)7-10/h1-2,4-5,7,11,14H,3,6,8-9H2,(H,16,18). The second-order valence-corrected chi connectivity index (χ2v) is 4.51. The van der Waals surface area contributed by atoms with Crippen LogP contribution in [-0.2, 0) is 16.1 Å². The normalized spacial score (nSPS) is 19.5. The Hall–Kier alpha value is -1.92. The minimum atomic E-state index is -0.385. The molecule has 0 aromatic carbocycles.